The Balaban J connectivity index is 1.26. The highest BCUT2D eigenvalue weighted by molar-refractivity contribution is 7.10. The first-order chi connectivity index (χ1) is 17.9. The average molecular weight is 542 g/mol. The first-order valence-corrected chi connectivity index (χ1v) is 13.2. The molecule has 0 radical (unpaired) electrons. The average Bonchev–Trinajstić information content (AvgIpc) is 3.42. The number of piperidine rings is 1. The van der Waals surface area contributed by atoms with E-state index in [1.165, 1.54) is 18.4 Å². The van der Waals surface area contributed by atoms with Crippen molar-refractivity contribution >= 4 is 46.2 Å². The van der Waals surface area contributed by atoms with Gasteiger partial charge in [0.25, 0.3) is 5.91 Å². The van der Waals surface area contributed by atoms with E-state index in [-0.39, 0.29) is 36.4 Å². The van der Waals surface area contributed by atoms with Gasteiger partial charge in [-0.05, 0) is 55.3 Å². The van der Waals surface area contributed by atoms with Crippen LogP contribution in [0.15, 0.2) is 47.8 Å². The van der Waals surface area contributed by atoms with Crippen LogP contribution in [0.25, 0.3) is 0 Å². The van der Waals surface area contributed by atoms with E-state index >= 15 is 0 Å². The van der Waals surface area contributed by atoms with E-state index in [1.807, 2.05) is 4.90 Å². The Hall–Kier alpha value is -3.43. The molecule has 1 fully saturated rings. The van der Waals surface area contributed by atoms with Crippen molar-refractivity contribution in [3.8, 4) is 11.5 Å². The molecule has 4 rings (SSSR count). The van der Waals surface area contributed by atoms with Crippen molar-refractivity contribution in [1.82, 2.24) is 9.88 Å². The summed E-state index contributed by atoms with van der Waals surface area (Å²) >= 11 is 7.49. The summed E-state index contributed by atoms with van der Waals surface area (Å²) < 4.78 is 10.4. The number of amides is 2. The summed E-state index contributed by atoms with van der Waals surface area (Å²) in [6.07, 6.45) is 1.88. The monoisotopic (exact) mass is 541 g/mol. The van der Waals surface area contributed by atoms with Crippen molar-refractivity contribution in [3.63, 3.8) is 0 Å². The number of nitrogens with zero attached hydrogens (tertiary/aromatic N) is 2. The number of aromatic nitrogens is 1. The normalized spacial score (nSPS) is 13.8. The second-order valence-corrected chi connectivity index (χ2v) is 10.0. The number of likely N-dealkylation sites (tertiary alicyclic amines) is 1. The molecule has 1 saturated heterocycles. The SMILES string of the molecule is COc1ccc(C(=O)CCC(=O)N2CCC(c3nc(C(=O)Nc4cc(Cl)ccc4OC)cs3)CC2)cc1. The van der Waals surface area contributed by atoms with Crippen molar-refractivity contribution < 1.29 is 23.9 Å². The van der Waals surface area contributed by atoms with Gasteiger partial charge in [0, 0.05) is 47.8 Å². The number of carbonyl (C=O) groups excluding carboxylic acids is 3. The molecule has 3 aromatic rings. The molecule has 37 heavy (non-hydrogen) atoms. The minimum absolute atomic E-state index is 0.0185. The van der Waals surface area contributed by atoms with Crippen LogP contribution < -0.4 is 14.8 Å². The van der Waals surface area contributed by atoms with Crippen LogP contribution in [-0.2, 0) is 4.79 Å². The van der Waals surface area contributed by atoms with E-state index in [2.05, 4.69) is 10.3 Å². The van der Waals surface area contributed by atoms with Crippen LogP contribution in [0.2, 0.25) is 5.02 Å². The molecule has 0 atom stereocenters. The topological polar surface area (TPSA) is 97.8 Å². The molecule has 1 aliphatic heterocycles. The number of ether oxygens (including phenoxy) is 2. The second kappa shape index (κ2) is 12.2. The third-order valence-corrected chi connectivity index (χ3v) is 7.58. The fourth-order valence-corrected chi connectivity index (χ4v) is 5.36. The molecular weight excluding hydrogens is 514 g/mol. The number of hydrogen-bond donors (Lipinski definition) is 1. The fraction of sp³-hybridized carbons (Fsp3) is 0.333. The Kier molecular flexibility index (Phi) is 8.78. The smallest absolute Gasteiger partial charge is 0.275 e. The summed E-state index contributed by atoms with van der Waals surface area (Å²) in [6, 6.07) is 11.9. The third-order valence-electron chi connectivity index (χ3n) is 6.34. The van der Waals surface area contributed by atoms with Gasteiger partial charge in [-0.3, -0.25) is 14.4 Å². The molecule has 1 N–H and O–H groups in total. The van der Waals surface area contributed by atoms with E-state index in [0.29, 0.717) is 46.6 Å². The van der Waals surface area contributed by atoms with Crippen LogP contribution in [-0.4, -0.2) is 54.8 Å². The number of benzene rings is 2. The Bertz CT molecular complexity index is 1270. The second-order valence-electron chi connectivity index (χ2n) is 8.68. The molecular formula is C27H28ClN3O5S. The number of halogens is 1. The molecule has 0 saturated carbocycles. The number of thiazole rings is 1. The maximum Gasteiger partial charge on any atom is 0.275 e. The maximum absolute atomic E-state index is 12.7. The van der Waals surface area contributed by atoms with Gasteiger partial charge in [0.15, 0.2) is 5.78 Å². The lowest BCUT2D eigenvalue weighted by atomic mass is 9.97. The molecule has 2 aromatic carbocycles. The standard InChI is InChI=1S/C27H28ClN3O5S/c1-35-20-6-3-17(4-7-20)23(32)8-10-25(33)31-13-11-18(12-14-31)27-30-22(16-37-27)26(34)29-21-15-19(28)5-9-24(21)36-2/h3-7,9,15-16,18H,8,10-14H2,1-2H3,(H,29,34). The van der Waals surface area contributed by atoms with Gasteiger partial charge in [-0.2, -0.15) is 0 Å². The minimum Gasteiger partial charge on any atom is -0.497 e. The number of Topliss-reactive ketones (excluding diaryl/α,β-unsaturated/α-hetero) is 1. The number of carbonyl (C=O) groups is 3. The Morgan fingerprint density at radius 1 is 1.05 bits per heavy atom. The number of hydrogen-bond acceptors (Lipinski definition) is 7. The van der Waals surface area contributed by atoms with Gasteiger partial charge in [-0.1, -0.05) is 11.6 Å². The van der Waals surface area contributed by atoms with Crippen LogP contribution in [0.5, 0.6) is 11.5 Å². The molecule has 194 valence electrons. The molecule has 8 nitrogen and oxygen atoms in total. The van der Waals surface area contributed by atoms with Gasteiger partial charge < -0.3 is 19.7 Å². The summed E-state index contributed by atoms with van der Waals surface area (Å²) in [6.45, 7) is 1.20. The van der Waals surface area contributed by atoms with Crippen LogP contribution in [0.4, 0.5) is 5.69 Å². The molecule has 0 spiro atoms. The van der Waals surface area contributed by atoms with Crippen molar-refractivity contribution in [2.75, 3.05) is 32.6 Å². The highest BCUT2D eigenvalue weighted by Gasteiger charge is 2.27. The fourth-order valence-electron chi connectivity index (χ4n) is 4.22. The summed E-state index contributed by atoms with van der Waals surface area (Å²) in [5, 5.41) is 5.91. The quantitative estimate of drug-likeness (QED) is 0.362. The van der Waals surface area contributed by atoms with Gasteiger partial charge in [-0.25, -0.2) is 4.98 Å². The molecule has 1 aromatic heterocycles. The number of methoxy groups -OCH3 is 2. The lowest BCUT2D eigenvalue weighted by Crippen LogP contribution is -2.38. The van der Waals surface area contributed by atoms with Gasteiger partial charge in [0.1, 0.15) is 17.2 Å². The van der Waals surface area contributed by atoms with Crippen LogP contribution >= 0.6 is 22.9 Å². The summed E-state index contributed by atoms with van der Waals surface area (Å²) in [5.41, 5.74) is 1.38. The summed E-state index contributed by atoms with van der Waals surface area (Å²) in [7, 11) is 3.10. The number of nitrogens with one attached hydrogen (secondary N) is 1. The van der Waals surface area contributed by atoms with Crippen molar-refractivity contribution in [2.45, 2.75) is 31.6 Å². The van der Waals surface area contributed by atoms with E-state index in [1.54, 1.807) is 55.0 Å². The summed E-state index contributed by atoms with van der Waals surface area (Å²) in [5.74, 6) is 0.958. The molecule has 0 unspecified atom stereocenters. The first-order valence-electron chi connectivity index (χ1n) is 11.9. The predicted molar refractivity (Wildman–Crippen MR) is 143 cm³/mol. The predicted octanol–water partition coefficient (Wildman–Crippen LogP) is 5.44. The minimum atomic E-state index is -0.336. The van der Waals surface area contributed by atoms with Crippen molar-refractivity contribution in [3.05, 3.63) is 69.1 Å². The van der Waals surface area contributed by atoms with Gasteiger partial charge >= 0.3 is 0 Å². The van der Waals surface area contributed by atoms with Crippen molar-refractivity contribution in [2.24, 2.45) is 0 Å². The van der Waals surface area contributed by atoms with E-state index in [0.717, 1.165) is 17.8 Å². The number of anilines is 1. The Morgan fingerprint density at radius 3 is 2.46 bits per heavy atom. The molecule has 10 heteroatoms. The van der Waals surface area contributed by atoms with Gasteiger partial charge in [0.2, 0.25) is 5.91 Å². The highest BCUT2D eigenvalue weighted by Crippen LogP contribution is 2.32. The molecule has 0 bridgehead atoms. The van der Waals surface area contributed by atoms with E-state index in [4.69, 9.17) is 21.1 Å². The van der Waals surface area contributed by atoms with E-state index < -0.39 is 0 Å². The van der Waals surface area contributed by atoms with E-state index in [9.17, 15) is 14.4 Å². The number of rotatable bonds is 9. The molecule has 1 aliphatic rings. The van der Waals surface area contributed by atoms with Gasteiger partial charge in [0.05, 0.1) is 24.9 Å². The van der Waals surface area contributed by atoms with Crippen LogP contribution in [0.3, 0.4) is 0 Å². The first kappa shape index (κ1) is 26.6. The van der Waals surface area contributed by atoms with Crippen LogP contribution in [0, 0.1) is 0 Å². The largest absolute Gasteiger partial charge is 0.497 e. The zero-order chi connectivity index (χ0) is 26.4. The highest BCUT2D eigenvalue weighted by atomic mass is 35.5. The lowest BCUT2D eigenvalue weighted by Gasteiger charge is -2.31. The molecule has 0 aliphatic carbocycles. The Morgan fingerprint density at radius 2 is 1.78 bits per heavy atom. The summed E-state index contributed by atoms with van der Waals surface area (Å²) in [4.78, 5) is 44.2. The number of ketones is 1. The van der Waals surface area contributed by atoms with Crippen molar-refractivity contribution in [1.29, 1.82) is 0 Å². The van der Waals surface area contributed by atoms with Gasteiger partial charge in [-0.15, -0.1) is 11.3 Å². The Labute approximate surface area is 224 Å². The lowest BCUT2D eigenvalue weighted by molar-refractivity contribution is -0.132. The molecule has 2 amide bonds. The molecule has 2 heterocycles. The van der Waals surface area contributed by atoms with Crippen LogP contribution in [0.1, 0.15) is 57.5 Å². The zero-order valence-corrected chi connectivity index (χ0v) is 22.2. The zero-order valence-electron chi connectivity index (χ0n) is 20.7. The third kappa shape index (κ3) is 6.67. The maximum atomic E-state index is 12.7.